The Morgan fingerprint density at radius 2 is 0.756 bits per heavy atom. The van der Waals surface area contributed by atoms with E-state index >= 15 is 0 Å². The maximum Gasteiger partial charge on any atom is 2.00 e. The largest absolute Gasteiger partial charge is 2.00 e. The van der Waals surface area contributed by atoms with Gasteiger partial charge >= 0.3 is 69.2 Å². The molecule has 0 amide bonds. The van der Waals surface area contributed by atoms with Crippen LogP contribution in [0.1, 0.15) is 12.8 Å². The van der Waals surface area contributed by atoms with Gasteiger partial charge in [0.25, 0.3) is 0 Å². The molecule has 0 aliphatic carbocycles. The predicted octanol–water partition coefficient (Wildman–Crippen LogP) is -13.4. The van der Waals surface area contributed by atoms with E-state index in [0.29, 0.717) is 0 Å². The monoisotopic (exact) mass is 622 g/mol. The van der Waals surface area contributed by atoms with E-state index in [9.17, 15) is 59.4 Å². The van der Waals surface area contributed by atoms with Gasteiger partial charge in [-0.1, -0.05) is 0 Å². The average molecular weight is 623 g/mol. The van der Waals surface area contributed by atoms with Gasteiger partial charge < -0.3 is 80.3 Å². The van der Waals surface area contributed by atoms with Gasteiger partial charge in [-0.05, 0) is 12.8 Å². The molecule has 0 heterocycles. The summed E-state index contributed by atoms with van der Waals surface area (Å²) in [6.45, 7) is -4.24. The van der Waals surface area contributed by atoms with E-state index in [1.54, 1.807) is 0 Å². The minimum absolute atomic E-state index is 0. The summed E-state index contributed by atoms with van der Waals surface area (Å²) < 4.78 is 0. The van der Waals surface area contributed by atoms with Gasteiger partial charge in [0.2, 0.25) is 0 Å². The molecule has 21 heteroatoms. The van der Waals surface area contributed by atoms with E-state index in [4.69, 9.17) is 10.2 Å². The van der Waals surface area contributed by atoms with Crippen molar-refractivity contribution in [3.8, 4) is 0 Å². The second kappa shape index (κ2) is 30.3. The second-order valence-electron chi connectivity index (χ2n) is 7.64. The number of carbonyl (C=O) groups excluding carboxylic acids is 6. The molecule has 0 rings (SSSR count). The molecule has 0 saturated heterocycles. The predicted molar refractivity (Wildman–Crippen MR) is 127 cm³/mol. The van der Waals surface area contributed by atoms with E-state index in [1.807, 2.05) is 0 Å². The summed E-state index contributed by atoms with van der Waals surface area (Å²) >= 11 is 0. The van der Waals surface area contributed by atoms with Crippen LogP contribution >= 0.6 is 0 Å². The first-order valence-electron chi connectivity index (χ1n) is 11.0. The van der Waals surface area contributed by atoms with Crippen LogP contribution in [-0.2, 0) is 28.8 Å². The number of aliphatic carboxylic acids is 6. The van der Waals surface area contributed by atoms with Crippen molar-refractivity contribution < 1.29 is 69.6 Å². The number of carbonyl (C=O) groups is 6. The van der Waals surface area contributed by atoms with Crippen molar-refractivity contribution in [3.63, 3.8) is 0 Å². The Labute approximate surface area is 283 Å². The van der Waals surface area contributed by atoms with Crippen molar-refractivity contribution in [2.45, 2.75) is 24.9 Å². The molecule has 0 aliphatic heterocycles. The molecule has 18 nitrogen and oxygen atoms in total. The standard InChI is InChI=1S/2C10H18N2O7.3Mg/c2*13-2-1-7(3-11-4-8(14)15)12(5-9(16)17)6-10(18)19;;;/h2*7,11,13H,1-6H2,(H,14,15)(H,16,17)(H,18,19);;;/q;;3*+2/p-6. The van der Waals surface area contributed by atoms with Gasteiger partial charge in [-0.2, -0.15) is 0 Å². The minimum Gasteiger partial charge on any atom is -0.549 e. The summed E-state index contributed by atoms with van der Waals surface area (Å²) in [4.78, 5) is 64.6. The maximum absolute atomic E-state index is 10.5. The SMILES string of the molecule is O=C([O-])CNCC(CCO)N(CC(=O)[O-])CC(=O)[O-].O=C([O-])CNCC(CCO)N(CC(=O)[O-])CC(=O)[O-].[Mg+2].[Mg+2].[Mg+2]. The van der Waals surface area contributed by atoms with Crippen molar-refractivity contribution in [3.05, 3.63) is 0 Å². The zero-order valence-corrected chi connectivity index (χ0v) is 26.7. The third-order valence-electron chi connectivity index (χ3n) is 4.58. The molecule has 220 valence electrons. The zero-order valence-electron chi connectivity index (χ0n) is 22.4. The van der Waals surface area contributed by atoms with Crippen LogP contribution in [0.5, 0.6) is 0 Å². The first-order valence-corrected chi connectivity index (χ1v) is 11.0. The van der Waals surface area contributed by atoms with Crippen LogP contribution in [0.4, 0.5) is 0 Å². The fourth-order valence-electron chi connectivity index (χ4n) is 3.10. The topological polar surface area (TPSA) is 312 Å². The van der Waals surface area contributed by atoms with Gasteiger partial charge in [0.15, 0.2) is 0 Å². The van der Waals surface area contributed by atoms with E-state index in [2.05, 4.69) is 10.6 Å². The van der Waals surface area contributed by atoms with E-state index in [1.165, 1.54) is 0 Å². The average Bonchev–Trinajstić information content (AvgIpc) is 2.76. The molecule has 2 atom stereocenters. The Morgan fingerprint density at radius 3 is 0.927 bits per heavy atom. The summed E-state index contributed by atoms with van der Waals surface area (Å²) in [5.41, 5.74) is 0. The molecule has 2 unspecified atom stereocenters. The van der Waals surface area contributed by atoms with Crippen LogP contribution in [0, 0.1) is 0 Å². The number of hydrogen-bond donors (Lipinski definition) is 4. The minimum atomic E-state index is -1.48. The first-order chi connectivity index (χ1) is 17.7. The van der Waals surface area contributed by atoms with Crippen molar-refractivity contribution in [2.75, 3.05) is 65.6 Å². The van der Waals surface area contributed by atoms with Crippen molar-refractivity contribution in [1.29, 1.82) is 0 Å². The number of nitrogens with zero attached hydrogens (tertiary/aromatic N) is 2. The zero-order chi connectivity index (χ0) is 29.7. The van der Waals surface area contributed by atoms with Crippen molar-refractivity contribution in [1.82, 2.24) is 20.4 Å². The molecular formula is C20H30Mg3N4O14. The maximum atomic E-state index is 10.5. The summed E-state index contributed by atoms with van der Waals surface area (Å²) in [6.07, 6.45) is 0.140. The Morgan fingerprint density at radius 1 is 0.512 bits per heavy atom. The molecule has 0 aromatic heterocycles. The molecule has 0 aromatic carbocycles. The fourth-order valence-corrected chi connectivity index (χ4v) is 3.10. The Kier molecular flexibility index (Phi) is 36.7. The van der Waals surface area contributed by atoms with Crippen molar-refractivity contribution >= 4 is 105 Å². The first kappa shape index (κ1) is 49.6. The Hall–Kier alpha value is -1.12. The number of rotatable bonds is 22. The van der Waals surface area contributed by atoms with E-state index < -0.39 is 87.2 Å². The molecule has 0 spiro atoms. The second-order valence-corrected chi connectivity index (χ2v) is 7.64. The summed E-state index contributed by atoms with van der Waals surface area (Å²) in [7, 11) is 0. The third-order valence-corrected chi connectivity index (χ3v) is 4.58. The summed E-state index contributed by atoms with van der Waals surface area (Å²) in [6, 6.07) is -1.36. The number of hydrogen-bond acceptors (Lipinski definition) is 18. The fraction of sp³-hybridized carbons (Fsp3) is 0.700. The van der Waals surface area contributed by atoms with Crippen LogP contribution in [-0.4, -0.2) is 203 Å². The normalized spacial score (nSPS) is 11.4. The van der Waals surface area contributed by atoms with Gasteiger partial charge in [0.05, 0.1) is 35.8 Å². The van der Waals surface area contributed by atoms with Crippen LogP contribution in [0.15, 0.2) is 0 Å². The van der Waals surface area contributed by atoms with Crippen LogP contribution in [0.2, 0.25) is 0 Å². The van der Waals surface area contributed by atoms with Crippen LogP contribution in [0.3, 0.4) is 0 Å². The third kappa shape index (κ3) is 31.6. The van der Waals surface area contributed by atoms with E-state index in [-0.39, 0.29) is 108 Å². The number of carboxylic acids is 6. The van der Waals surface area contributed by atoms with Crippen molar-refractivity contribution in [2.24, 2.45) is 0 Å². The number of aliphatic hydroxyl groups excluding tert-OH is 2. The summed E-state index contributed by atoms with van der Waals surface area (Å²) in [5.74, 6) is -8.63. The summed E-state index contributed by atoms with van der Waals surface area (Å²) in [5, 5.41) is 85.2. The molecule has 41 heavy (non-hydrogen) atoms. The quantitative estimate of drug-likeness (QED) is 0.0813. The number of carboxylic acid groups (broad SMARTS) is 6. The molecule has 0 saturated carbocycles. The van der Waals surface area contributed by atoms with Gasteiger partial charge in [0.1, 0.15) is 0 Å². The van der Waals surface area contributed by atoms with Crippen LogP contribution < -0.4 is 41.3 Å². The van der Waals surface area contributed by atoms with Gasteiger partial charge in [-0.15, -0.1) is 0 Å². The molecule has 0 aromatic rings. The number of aliphatic hydroxyl groups is 2. The smallest absolute Gasteiger partial charge is 0.549 e. The molecule has 0 fully saturated rings. The molecule has 0 radical (unpaired) electrons. The van der Waals surface area contributed by atoms with Gasteiger partial charge in [0, 0.05) is 77.7 Å². The van der Waals surface area contributed by atoms with Crippen LogP contribution in [0.25, 0.3) is 0 Å². The van der Waals surface area contributed by atoms with Gasteiger partial charge in [-0.25, -0.2) is 0 Å². The Balaban J connectivity index is -0.000000196. The Bertz CT molecular complexity index is 687. The molecule has 0 bridgehead atoms. The van der Waals surface area contributed by atoms with Gasteiger partial charge in [-0.3, -0.25) is 9.80 Å². The number of nitrogens with one attached hydrogen (secondary N) is 2. The van der Waals surface area contributed by atoms with E-state index in [0.717, 1.165) is 9.80 Å². The molecule has 4 N–H and O–H groups in total. The molecule has 0 aliphatic rings. The molecular weight excluding hydrogens is 593 g/mol.